The van der Waals surface area contributed by atoms with Crippen LogP contribution in [-0.4, -0.2) is 31.9 Å². The standard InChI is InChI=1S/C31H33ClN4O/c1-30(2)16-5-17-31(3,4)36(30)20-26-12-8-22-18-25(13-15-28(22)34-26)35-29(37)23-9-14-27(33-19-23)21-6-10-24(32)11-7-21/h6-15,18-19H,5,16-17,20H2,1-4H3,(H,35,37). The van der Waals surface area contributed by atoms with Crippen LogP contribution in [0.5, 0.6) is 0 Å². The first-order chi connectivity index (χ1) is 17.6. The van der Waals surface area contributed by atoms with Crippen LogP contribution in [0.1, 0.15) is 63.0 Å². The van der Waals surface area contributed by atoms with Gasteiger partial charge in [-0.15, -0.1) is 0 Å². The van der Waals surface area contributed by atoms with Crippen LogP contribution in [0, 0.1) is 0 Å². The molecule has 2 aromatic heterocycles. The van der Waals surface area contributed by atoms with Gasteiger partial charge in [0, 0.05) is 45.5 Å². The molecule has 5 rings (SSSR count). The highest BCUT2D eigenvalue weighted by atomic mass is 35.5. The molecular weight excluding hydrogens is 480 g/mol. The van der Waals surface area contributed by atoms with Gasteiger partial charge in [-0.3, -0.25) is 19.7 Å². The number of hydrogen-bond donors (Lipinski definition) is 1. The molecule has 1 amide bonds. The Kier molecular flexibility index (Phi) is 6.78. The van der Waals surface area contributed by atoms with Crippen LogP contribution >= 0.6 is 11.6 Å². The molecule has 6 heteroatoms. The number of halogens is 1. The van der Waals surface area contributed by atoms with Gasteiger partial charge in [0.2, 0.25) is 0 Å². The molecule has 1 aliphatic rings. The Labute approximate surface area is 223 Å². The molecule has 1 N–H and O–H groups in total. The van der Waals surface area contributed by atoms with Gasteiger partial charge < -0.3 is 5.32 Å². The van der Waals surface area contributed by atoms with Crippen molar-refractivity contribution in [3.63, 3.8) is 0 Å². The number of nitrogens with zero attached hydrogens (tertiary/aromatic N) is 3. The number of likely N-dealkylation sites (tertiary alicyclic amines) is 1. The SMILES string of the molecule is CC1(C)CCCC(C)(C)N1Cc1ccc2cc(NC(=O)c3ccc(-c4ccc(Cl)cc4)nc3)ccc2n1. The third kappa shape index (κ3) is 5.53. The molecule has 4 aromatic rings. The Hall–Kier alpha value is -3.28. The first kappa shape index (κ1) is 25.4. The molecule has 0 radical (unpaired) electrons. The molecule has 0 unspecified atom stereocenters. The number of aromatic nitrogens is 2. The predicted molar refractivity (Wildman–Crippen MR) is 152 cm³/mol. The number of fused-ring (bicyclic) bond motifs is 1. The van der Waals surface area contributed by atoms with Gasteiger partial charge in [0.05, 0.1) is 22.5 Å². The van der Waals surface area contributed by atoms with E-state index in [0.29, 0.717) is 10.6 Å². The molecule has 37 heavy (non-hydrogen) atoms. The fourth-order valence-electron chi connectivity index (χ4n) is 5.49. The van der Waals surface area contributed by atoms with E-state index in [1.807, 2.05) is 48.5 Å². The average molecular weight is 513 g/mol. The average Bonchev–Trinajstić information content (AvgIpc) is 2.86. The lowest BCUT2D eigenvalue weighted by atomic mass is 9.79. The molecule has 2 aromatic carbocycles. The first-order valence-electron chi connectivity index (χ1n) is 12.8. The zero-order chi connectivity index (χ0) is 26.2. The van der Waals surface area contributed by atoms with Gasteiger partial charge in [-0.05, 0) is 95.5 Å². The molecule has 190 valence electrons. The fraction of sp³-hybridized carbons (Fsp3) is 0.323. The predicted octanol–water partition coefficient (Wildman–Crippen LogP) is 7.75. The minimum absolute atomic E-state index is 0.147. The normalized spacial score (nSPS) is 17.0. The Morgan fingerprint density at radius 1 is 0.946 bits per heavy atom. The van der Waals surface area contributed by atoms with E-state index in [0.717, 1.165) is 40.1 Å². The molecule has 0 saturated carbocycles. The number of carbonyl (C=O) groups is 1. The summed E-state index contributed by atoms with van der Waals surface area (Å²) in [6.45, 7) is 10.2. The number of hydrogen-bond acceptors (Lipinski definition) is 4. The maximum atomic E-state index is 12.9. The number of anilines is 1. The number of rotatable bonds is 5. The van der Waals surface area contributed by atoms with E-state index in [9.17, 15) is 4.79 Å². The molecule has 5 nitrogen and oxygen atoms in total. The third-order valence-electron chi connectivity index (χ3n) is 7.53. The summed E-state index contributed by atoms with van der Waals surface area (Å²) in [6, 6.07) is 21.1. The summed E-state index contributed by atoms with van der Waals surface area (Å²) in [7, 11) is 0. The summed E-state index contributed by atoms with van der Waals surface area (Å²) in [5.41, 5.74) is 5.26. The Bertz CT molecular complexity index is 1410. The summed E-state index contributed by atoms with van der Waals surface area (Å²) >= 11 is 5.97. The molecular formula is C31H33ClN4O. The monoisotopic (exact) mass is 512 g/mol. The number of carbonyl (C=O) groups excluding carboxylic acids is 1. The van der Waals surface area contributed by atoms with E-state index in [-0.39, 0.29) is 17.0 Å². The maximum Gasteiger partial charge on any atom is 0.257 e. The van der Waals surface area contributed by atoms with Crippen molar-refractivity contribution in [2.45, 2.75) is 64.6 Å². The lowest BCUT2D eigenvalue weighted by Crippen LogP contribution is -2.57. The zero-order valence-corrected chi connectivity index (χ0v) is 22.6. The van der Waals surface area contributed by atoms with Crippen LogP contribution < -0.4 is 5.32 Å². The van der Waals surface area contributed by atoms with Gasteiger partial charge in [0.15, 0.2) is 0 Å². The van der Waals surface area contributed by atoms with E-state index < -0.39 is 0 Å². The second-order valence-corrected chi connectivity index (χ2v) is 11.6. The van der Waals surface area contributed by atoms with Crippen molar-refractivity contribution in [2.75, 3.05) is 5.32 Å². The van der Waals surface area contributed by atoms with Crippen molar-refractivity contribution in [3.8, 4) is 11.3 Å². The Balaban J connectivity index is 1.29. The number of piperidine rings is 1. The highest BCUT2D eigenvalue weighted by Gasteiger charge is 2.41. The van der Waals surface area contributed by atoms with Gasteiger partial charge >= 0.3 is 0 Å². The molecule has 1 fully saturated rings. The third-order valence-corrected chi connectivity index (χ3v) is 7.78. The Morgan fingerprint density at radius 3 is 2.35 bits per heavy atom. The summed E-state index contributed by atoms with van der Waals surface area (Å²) in [6.07, 6.45) is 5.26. The van der Waals surface area contributed by atoms with E-state index in [1.54, 1.807) is 12.3 Å². The van der Waals surface area contributed by atoms with Crippen LogP contribution in [0.2, 0.25) is 5.02 Å². The number of amides is 1. The highest BCUT2D eigenvalue weighted by molar-refractivity contribution is 6.30. The van der Waals surface area contributed by atoms with Crippen LogP contribution in [-0.2, 0) is 6.54 Å². The molecule has 0 atom stereocenters. The van der Waals surface area contributed by atoms with Crippen molar-refractivity contribution in [1.82, 2.24) is 14.9 Å². The van der Waals surface area contributed by atoms with E-state index >= 15 is 0 Å². The number of nitrogens with one attached hydrogen (secondary N) is 1. The van der Waals surface area contributed by atoms with Crippen molar-refractivity contribution < 1.29 is 4.79 Å². The van der Waals surface area contributed by atoms with Crippen LogP contribution in [0.25, 0.3) is 22.2 Å². The number of benzene rings is 2. The molecule has 1 aliphatic heterocycles. The minimum atomic E-state index is -0.200. The molecule has 3 heterocycles. The summed E-state index contributed by atoms with van der Waals surface area (Å²) in [5.74, 6) is -0.200. The number of pyridine rings is 2. The second-order valence-electron chi connectivity index (χ2n) is 11.2. The smallest absolute Gasteiger partial charge is 0.257 e. The summed E-state index contributed by atoms with van der Waals surface area (Å²) in [5, 5.41) is 4.66. The molecule has 0 bridgehead atoms. The first-order valence-corrected chi connectivity index (χ1v) is 13.2. The minimum Gasteiger partial charge on any atom is -0.322 e. The summed E-state index contributed by atoms with van der Waals surface area (Å²) < 4.78 is 0. The van der Waals surface area contributed by atoms with E-state index in [2.05, 4.69) is 55.0 Å². The van der Waals surface area contributed by atoms with Crippen LogP contribution in [0.4, 0.5) is 5.69 Å². The van der Waals surface area contributed by atoms with E-state index in [4.69, 9.17) is 16.6 Å². The van der Waals surface area contributed by atoms with Gasteiger partial charge in [-0.25, -0.2) is 0 Å². The van der Waals surface area contributed by atoms with Gasteiger partial charge in [-0.1, -0.05) is 29.8 Å². The van der Waals surface area contributed by atoms with Gasteiger partial charge in [0.1, 0.15) is 0 Å². The van der Waals surface area contributed by atoms with Crippen LogP contribution in [0.15, 0.2) is 72.9 Å². The van der Waals surface area contributed by atoms with Crippen molar-refractivity contribution in [1.29, 1.82) is 0 Å². The second kappa shape index (κ2) is 9.88. The largest absolute Gasteiger partial charge is 0.322 e. The van der Waals surface area contributed by atoms with Crippen molar-refractivity contribution in [2.24, 2.45) is 0 Å². The van der Waals surface area contributed by atoms with Crippen LogP contribution in [0.3, 0.4) is 0 Å². The lowest BCUT2D eigenvalue weighted by molar-refractivity contribution is -0.0348. The summed E-state index contributed by atoms with van der Waals surface area (Å²) in [4.78, 5) is 24.8. The maximum absolute atomic E-state index is 12.9. The topological polar surface area (TPSA) is 58.1 Å². The quantitative estimate of drug-likeness (QED) is 0.297. The van der Waals surface area contributed by atoms with Gasteiger partial charge in [0.25, 0.3) is 5.91 Å². The fourth-order valence-corrected chi connectivity index (χ4v) is 5.62. The zero-order valence-electron chi connectivity index (χ0n) is 21.9. The molecule has 1 saturated heterocycles. The van der Waals surface area contributed by atoms with E-state index in [1.165, 1.54) is 19.3 Å². The molecule has 0 spiro atoms. The van der Waals surface area contributed by atoms with Crippen molar-refractivity contribution >= 4 is 34.1 Å². The van der Waals surface area contributed by atoms with Crippen molar-refractivity contribution in [3.05, 3.63) is 89.2 Å². The highest BCUT2D eigenvalue weighted by Crippen LogP contribution is 2.39. The Morgan fingerprint density at radius 2 is 1.68 bits per heavy atom. The molecule has 0 aliphatic carbocycles. The lowest BCUT2D eigenvalue weighted by Gasteiger charge is -2.52. The van der Waals surface area contributed by atoms with Gasteiger partial charge in [-0.2, -0.15) is 0 Å².